The average molecular weight is 423 g/mol. The van der Waals surface area contributed by atoms with Crippen LogP contribution in [-0.2, 0) is 6.42 Å². The maximum Gasteiger partial charge on any atom is 0.251 e. The van der Waals surface area contributed by atoms with Gasteiger partial charge in [0.25, 0.3) is 5.91 Å². The third kappa shape index (κ3) is 6.13. The molecule has 0 fully saturated rings. The van der Waals surface area contributed by atoms with Crippen LogP contribution in [0, 0.1) is 0 Å². The van der Waals surface area contributed by atoms with Gasteiger partial charge >= 0.3 is 0 Å². The summed E-state index contributed by atoms with van der Waals surface area (Å²) >= 11 is 1.66. The van der Waals surface area contributed by atoms with Crippen molar-refractivity contribution in [2.24, 2.45) is 0 Å². The lowest BCUT2D eigenvalue weighted by Gasteiger charge is -2.23. The summed E-state index contributed by atoms with van der Waals surface area (Å²) in [5, 5.41) is 6.18. The number of rotatable bonds is 11. The predicted molar refractivity (Wildman–Crippen MR) is 125 cm³/mol. The van der Waals surface area contributed by atoms with E-state index in [1.165, 1.54) is 18.5 Å². The molecule has 0 bridgehead atoms. The molecule has 0 saturated heterocycles. The fourth-order valence-electron chi connectivity index (χ4n) is 3.27. The lowest BCUT2D eigenvalue weighted by molar-refractivity contribution is 0.0953. The Morgan fingerprint density at radius 1 is 1.07 bits per heavy atom. The van der Waals surface area contributed by atoms with Gasteiger partial charge in [-0.25, -0.2) is 4.98 Å². The van der Waals surface area contributed by atoms with Gasteiger partial charge in [-0.1, -0.05) is 13.3 Å². The number of unbranched alkanes of at least 4 members (excludes halogenated alkanes) is 1. The molecule has 2 heterocycles. The fraction of sp³-hybridized carbons (Fsp3) is 0.375. The first-order valence-corrected chi connectivity index (χ1v) is 11.6. The summed E-state index contributed by atoms with van der Waals surface area (Å²) in [7, 11) is 0. The largest absolute Gasteiger partial charge is 0.372 e. The Labute approximate surface area is 183 Å². The Morgan fingerprint density at radius 3 is 2.53 bits per heavy atom. The number of hydrogen-bond acceptors (Lipinski definition) is 5. The van der Waals surface area contributed by atoms with E-state index in [1.54, 1.807) is 23.7 Å². The van der Waals surface area contributed by atoms with Crippen molar-refractivity contribution in [2.45, 2.75) is 39.5 Å². The van der Waals surface area contributed by atoms with E-state index in [9.17, 15) is 4.79 Å². The SMILES string of the molecule is CCCCN(CC)c1ccc(C(=O)NCCCc2nc(-c3ccncc3)cs2)cc1. The molecule has 5 nitrogen and oxygen atoms in total. The van der Waals surface area contributed by atoms with Gasteiger partial charge in [-0.3, -0.25) is 9.78 Å². The Bertz CT molecular complexity index is 908. The van der Waals surface area contributed by atoms with Crippen LogP contribution in [-0.4, -0.2) is 35.5 Å². The van der Waals surface area contributed by atoms with E-state index in [0.29, 0.717) is 12.1 Å². The predicted octanol–water partition coefficient (Wildman–Crippen LogP) is 5.19. The van der Waals surface area contributed by atoms with Gasteiger partial charge in [0.05, 0.1) is 10.7 Å². The van der Waals surface area contributed by atoms with E-state index >= 15 is 0 Å². The summed E-state index contributed by atoms with van der Waals surface area (Å²) < 4.78 is 0. The maximum atomic E-state index is 12.4. The van der Waals surface area contributed by atoms with Crippen molar-refractivity contribution in [2.75, 3.05) is 24.5 Å². The molecule has 0 spiro atoms. The van der Waals surface area contributed by atoms with Gasteiger partial charge in [0, 0.05) is 60.6 Å². The second-order valence-corrected chi connectivity index (χ2v) is 8.14. The summed E-state index contributed by atoms with van der Waals surface area (Å²) in [6.45, 7) is 7.04. The Balaban J connectivity index is 1.44. The highest BCUT2D eigenvalue weighted by atomic mass is 32.1. The number of pyridine rings is 1. The zero-order valence-corrected chi connectivity index (χ0v) is 18.6. The standard InChI is InChI=1S/C24H30N4OS/c1-3-5-17-28(4-2)21-10-8-20(9-11-21)24(29)26-14-6-7-23-27-22(18-30-23)19-12-15-25-16-13-19/h8-13,15-16,18H,3-7,14,17H2,1-2H3,(H,26,29). The molecule has 1 aromatic carbocycles. The molecular weight excluding hydrogens is 392 g/mol. The van der Waals surface area contributed by atoms with Crippen LogP contribution in [0.1, 0.15) is 48.5 Å². The summed E-state index contributed by atoms with van der Waals surface area (Å²) in [5.74, 6) is -0.0187. The number of thiazole rings is 1. The molecule has 0 aliphatic heterocycles. The number of nitrogens with zero attached hydrogens (tertiary/aromatic N) is 3. The average Bonchev–Trinajstić information content (AvgIpc) is 3.27. The van der Waals surface area contributed by atoms with E-state index < -0.39 is 0 Å². The molecule has 3 aromatic rings. The summed E-state index contributed by atoms with van der Waals surface area (Å²) in [5.41, 5.74) is 3.96. The first-order valence-electron chi connectivity index (χ1n) is 10.7. The Kier molecular flexibility index (Phi) is 8.39. The second-order valence-electron chi connectivity index (χ2n) is 7.20. The van der Waals surface area contributed by atoms with Gasteiger partial charge in [0.2, 0.25) is 0 Å². The number of anilines is 1. The van der Waals surface area contributed by atoms with Gasteiger partial charge in [-0.2, -0.15) is 0 Å². The van der Waals surface area contributed by atoms with Crippen LogP contribution in [0.4, 0.5) is 5.69 Å². The normalized spacial score (nSPS) is 10.7. The number of hydrogen-bond donors (Lipinski definition) is 1. The quantitative estimate of drug-likeness (QED) is 0.432. The number of benzene rings is 1. The zero-order chi connectivity index (χ0) is 21.2. The van der Waals surface area contributed by atoms with Crippen molar-refractivity contribution in [3.05, 3.63) is 64.7 Å². The molecule has 0 unspecified atom stereocenters. The minimum absolute atomic E-state index is 0.0187. The number of nitrogens with one attached hydrogen (secondary N) is 1. The molecule has 0 aliphatic rings. The molecule has 0 radical (unpaired) electrons. The van der Waals surface area contributed by atoms with Crippen molar-refractivity contribution >= 4 is 22.9 Å². The monoisotopic (exact) mass is 422 g/mol. The molecular formula is C24H30N4OS. The molecule has 0 atom stereocenters. The number of aryl methyl sites for hydroxylation is 1. The Morgan fingerprint density at radius 2 is 1.83 bits per heavy atom. The third-order valence-corrected chi connectivity index (χ3v) is 5.95. The van der Waals surface area contributed by atoms with Gasteiger partial charge in [-0.15, -0.1) is 11.3 Å². The number of carbonyl (C=O) groups excluding carboxylic acids is 1. The minimum atomic E-state index is -0.0187. The number of carbonyl (C=O) groups is 1. The first kappa shape index (κ1) is 22.0. The van der Waals surface area contributed by atoms with E-state index in [2.05, 4.69) is 39.4 Å². The number of amides is 1. The highest BCUT2D eigenvalue weighted by molar-refractivity contribution is 7.09. The molecule has 158 valence electrons. The second kappa shape index (κ2) is 11.5. The highest BCUT2D eigenvalue weighted by Crippen LogP contribution is 2.21. The lowest BCUT2D eigenvalue weighted by Crippen LogP contribution is -2.26. The minimum Gasteiger partial charge on any atom is -0.372 e. The topological polar surface area (TPSA) is 58.1 Å². The maximum absolute atomic E-state index is 12.4. The third-order valence-electron chi connectivity index (χ3n) is 5.04. The van der Waals surface area contributed by atoms with Crippen LogP contribution in [0.5, 0.6) is 0 Å². The van der Waals surface area contributed by atoms with Crippen LogP contribution >= 0.6 is 11.3 Å². The summed E-state index contributed by atoms with van der Waals surface area (Å²) in [6.07, 6.45) is 7.65. The van der Waals surface area contributed by atoms with E-state index in [-0.39, 0.29) is 5.91 Å². The lowest BCUT2D eigenvalue weighted by atomic mass is 10.1. The van der Waals surface area contributed by atoms with Crippen LogP contribution in [0.3, 0.4) is 0 Å². The molecule has 1 N–H and O–H groups in total. The first-order chi connectivity index (χ1) is 14.7. The Hall–Kier alpha value is -2.73. The summed E-state index contributed by atoms with van der Waals surface area (Å²) in [6, 6.07) is 11.9. The molecule has 6 heteroatoms. The van der Waals surface area contributed by atoms with Crippen LogP contribution in [0.2, 0.25) is 0 Å². The van der Waals surface area contributed by atoms with Crippen molar-refractivity contribution < 1.29 is 4.79 Å². The van der Waals surface area contributed by atoms with Crippen LogP contribution in [0.25, 0.3) is 11.3 Å². The zero-order valence-electron chi connectivity index (χ0n) is 17.8. The summed E-state index contributed by atoms with van der Waals surface area (Å²) in [4.78, 5) is 23.5. The highest BCUT2D eigenvalue weighted by Gasteiger charge is 2.09. The van der Waals surface area contributed by atoms with Crippen LogP contribution < -0.4 is 10.2 Å². The van der Waals surface area contributed by atoms with E-state index in [4.69, 9.17) is 0 Å². The van der Waals surface area contributed by atoms with Crippen molar-refractivity contribution in [1.82, 2.24) is 15.3 Å². The molecule has 1 amide bonds. The fourth-order valence-corrected chi connectivity index (χ4v) is 4.12. The van der Waals surface area contributed by atoms with Gasteiger partial charge in [-0.05, 0) is 56.2 Å². The smallest absolute Gasteiger partial charge is 0.251 e. The molecule has 3 rings (SSSR count). The molecule has 0 saturated carbocycles. The van der Waals surface area contributed by atoms with Gasteiger partial charge in [0.15, 0.2) is 0 Å². The van der Waals surface area contributed by atoms with E-state index in [1.807, 2.05) is 36.4 Å². The molecule has 30 heavy (non-hydrogen) atoms. The van der Waals surface area contributed by atoms with Crippen molar-refractivity contribution in [3.8, 4) is 11.3 Å². The molecule has 0 aliphatic carbocycles. The van der Waals surface area contributed by atoms with Crippen LogP contribution in [0.15, 0.2) is 54.2 Å². The number of aromatic nitrogens is 2. The van der Waals surface area contributed by atoms with Crippen molar-refractivity contribution in [3.63, 3.8) is 0 Å². The van der Waals surface area contributed by atoms with Gasteiger partial charge in [0.1, 0.15) is 0 Å². The van der Waals surface area contributed by atoms with Crippen molar-refractivity contribution in [1.29, 1.82) is 0 Å². The van der Waals surface area contributed by atoms with E-state index in [0.717, 1.165) is 42.2 Å². The molecule has 2 aromatic heterocycles. The van der Waals surface area contributed by atoms with Gasteiger partial charge < -0.3 is 10.2 Å².